The zero-order valence-electron chi connectivity index (χ0n) is 12.3. The molecule has 0 saturated heterocycles. The topological polar surface area (TPSA) is 29.9 Å². The molecular weight excluding hydrogens is 278 g/mol. The van der Waals surface area contributed by atoms with Crippen molar-refractivity contribution in [2.75, 3.05) is 0 Å². The lowest BCUT2D eigenvalue weighted by Crippen LogP contribution is -2.15. The molecule has 3 nitrogen and oxygen atoms in total. The second-order valence-electron chi connectivity index (χ2n) is 5.08. The predicted molar refractivity (Wildman–Crippen MR) is 87.9 cm³/mol. The molecule has 4 heteroatoms. The summed E-state index contributed by atoms with van der Waals surface area (Å²) in [5.74, 6) is 1.02. The summed E-state index contributed by atoms with van der Waals surface area (Å²) >= 11 is 1.84. The van der Waals surface area contributed by atoms with Crippen LogP contribution in [-0.2, 0) is 13.1 Å². The average Bonchev–Trinajstić information content (AvgIpc) is 3.06. The minimum atomic E-state index is 0.812. The maximum atomic E-state index is 4.45. The second-order valence-corrected chi connectivity index (χ2v) is 6.46. The summed E-state index contributed by atoms with van der Waals surface area (Å²) in [7, 11) is 0. The molecule has 0 amide bonds. The van der Waals surface area contributed by atoms with Crippen molar-refractivity contribution in [1.29, 1.82) is 0 Å². The van der Waals surface area contributed by atoms with Crippen molar-refractivity contribution < 1.29 is 0 Å². The molecule has 1 aromatic carbocycles. The van der Waals surface area contributed by atoms with Crippen molar-refractivity contribution in [3.8, 4) is 5.69 Å². The molecule has 1 N–H and O–H groups in total. The molecule has 0 aliphatic rings. The maximum Gasteiger partial charge on any atom is 0.110 e. The van der Waals surface area contributed by atoms with Crippen LogP contribution in [0.1, 0.15) is 21.3 Å². The van der Waals surface area contributed by atoms with Crippen LogP contribution in [0.15, 0.2) is 48.7 Å². The van der Waals surface area contributed by atoms with E-state index in [1.54, 1.807) is 0 Å². The van der Waals surface area contributed by atoms with Gasteiger partial charge in [-0.05, 0) is 38.1 Å². The molecule has 0 radical (unpaired) electrons. The Morgan fingerprint density at radius 1 is 1.05 bits per heavy atom. The fourth-order valence-electron chi connectivity index (χ4n) is 2.44. The zero-order valence-corrected chi connectivity index (χ0v) is 13.2. The van der Waals surface area contributed by atoms with Gasteiger partial charge in [0, 0.05) is 28.5 Å². The third-order valence-corrected chi connectivity index (χ3v) is 4.43. The number of nitrogens with zero attached hydrogens (tertiary/aromatic N) is 2. The summed E-state index contributed by atoms with van der Waals surface area (Å²) in [6.07, 6.45) is 1.95. The van der Waals surface area contributed by atoms with Gasteiger partial charge in [-0.3, -0.25) is 4.57 Å². The van der Waals surface area contributed by atoms with E-state index in [4.69, 9.17) is 0 Å². The molecule has 3 rings (SSSR count). The van der Waals surface area contributed by atoms with Crippen molar-refractivity contribution in [3.63, 3.8) is 0 Å². The van der Waals surface area contributed by atoms with Crippen LogP contribution in [0.25, 0.3) is 5.69 Å². The van der Waals surface area contributed by atoms with E-state index in [-0.39, 0.29) is 0 Å². The van der Waals surface area contributed by atoms with Crippen molar-refractivity contribution >= 4 is 11.3 Å². The van der Waals surface area contributed by atoms with Gasteiger partial charge in [-0.2, -0.15) is 0 Å². The van der Waals surface area contributed by atoms with Gasteiger partial charge >= 0.3 is 0 Å². The van der Waals surface area contributed by atoms with Crippen LogP contribution < -0.4 is 5.32 Å². The summed E-state index contributed by atoms with van der Waals surface area (Å²) in [5.41, 5.74) is 2.35. The molecule has 0 fully saturated rings. The Balaban J connectivity index is 1.72. The Kier molecular flexibility index (Phi) is 4.18. The quantitative estimate of drug-likeness (QED) is 0.775. The van der Waals surface area contributed by atoms with E-state index in [0.717, 1.165) is 24.6 Å². The molecule has 0 unspecified atom stereocenters. The lowest BCUT2D eigenvalue weighted by Gasteiger charge is -2.10. The second kappa shape index (κ2) is 6.24. The molecule has 0 saturated carbocycles. The van der Waals surface area contributed by atoms with Gasteiger partial charge < -0.3 is 5.32 Å². The number of rotatable bonds is 5. The summed E-state index contributed by atoms with van der Waals surface area (Å²) in [6.45, 7) is 5.89. The van der Waals surface area contributed by atoms with E-state index in [0.29, 0.717) is 0 Å². The summed E-state index contributed by atoms with van der Waals surface area (Å²) in [5, 5.41) is 3.50. The number of aryl methyl sites for hydroxylation is 2. The first kappa shape index (κ1) is 14.0. The van der Waals surface area contributed by atoms with Gasteiger partial charge in [0.15, 0.2) is 0 Å². The van der Waals surface area contributed by atoms with E-state index < -0.39 is 0 Å². The van der Waals surface area contributed by atoms with Crippen LogP contribution >= 0.6 is 11.3 Å². The van der Waals surface area contributed by atoms with Gasteiger partial charge in [0.1, 0.15) is 5.82 Å². The lowest BCUT2D eigenvalue weighted by atomic mass is 10.3. The molecule has 0 spiro atoms. The Labute approximate surface area is 129 Å². The third-order valence-electron chi connectivity index (χ3n) is 3.43. The lowest BCUT2D eigenvalue weighted by molar-refractivity contribution is 0.673. The van der Waals surface area contributed by atoms with E-state index in [9.17, 15) is 0 Å². The molecular formula is C17H19N3S. The summed E-state index contributed by atoms with van der Waals surface area (Å²) in [6, 6.07) is 14.7. The normalized spacial score (nSPS) is 11.0. The van der Waals surface area contributed by atoms with Gasteiger partial charge in [0.25, 0.3) is 0 Å². The molecule has 0 atom stereocenters. The number of imidazole rings is 1. The fourth-order valence-corrected chi connectivity index (χ4v) is 3.30. The largest absolute Gasteiger partial charge is 0.306 e. The zero-order chi connectivity index (χ0) is 14.7. The van der Waals surface area contributed by atoms with Crippen molar-refractivity contribution in [1.82, 2.24) is 14.9 Å². The Morgan fingerprint density at radius 3 is 2.57 bits per heavy atom. The molecule has 2 heterocycles. The Hall–Kier alpha value is -1.91. The van der Waals surface area contributed by atoms with Crippen LogP contribution in [0.5, 0.6) is 0 Å². The van der Waals surface area contributed by atoms with Crippen molar-refractivity contribution in [3.05, 3.63) is 69.9 Å². The minimum Gasteiger partial charge on any atom is -0.306 e. The highest BCUT2D eigenvalue weighted by atomic mass is 32.1. The number of para-hydroxylation sites is 1. The number of benzene rings is 1. The van der Waals surface area contributed by atoms with E-state index in [2.05, 4.69) is 58.2 Å². The van der Waals surface area contributed by atoms with E-state index >= 15 is 0 Å². The molecule has 0 aliphatic carbocycles. The highest BCUT2D eigenvalue weighted by molar-refractivity contribution is 7.11. The molecule has 2 aromatic heterocycles. The summed E-state index contributed by atoms with van der Waals surface area (Å²) in [4.78, 5) is 7.18. The molecule has 0 bridgehead atoms. The summed E-state index contributed by atoms with van der Waals surface area (Å²) < 4.78 is 2.20. The Bertz CT molecular complexity index is 713. The van der Waals surface area contributed by atoms with Crippen LogP contribution in [0, 0.1) is 13.8 Å². The first-order chi connectivity index (χ1) is 10.2. The highest BCUT2D eigenvalue weighted by Gasteiger charge is 2.08. The third kappa shape index (κ3) is 3.23. The fraction of sp³-hybridized carbons (Fsp3) is 0.235. The van der Waals surface area contributed by atoms with Crippen LogP contribution in [0.3, 0.4) is 0 Å². The van der Waals surface area contributed by atoms with Crippen LogP contribution in [0.2, 0.25) is 0 Å². The Morgan fingerprint density at radius 2 is 1.86 bits per heavy atom. The SMILES string of the molecule is Cc1ccc(CNCc2cnc(C)n2-c2ccccc2)s1. The highest BCUT2D eigenvalue weighted by Crippen LogP contribution is 2.16. The molecule has 3 aromatic rings. The smallest absolute Gasteiger partial charge is 0.110 e. The molecule has 21 heavy (non-hydrogen) atoms. The van der Waals surface area contributed by atoms with Gasteiger partial charge in [0.05, 0.1) is 11.9 Å². The average molecular weight is 297 g/mol. The van der Waals surface area contributed by atoms with Crippen molar-refractivity contribution in [2.24, 2.45) is 0 Å². The van der Waals surface area contributed by atoms with Gasteiger partial charge in [-0.1, -0.05) is 18.2 Å². The molecule has 0 aliphatic heterocycles. The van der Waals surface area contributed by atoms with Gasteiger partial charge in [-0.25, -0.2) is 4.98 Å². The van der Waals surface area contributed by atoms with E-state index in [1.165, 1.54) is 15.4 Å². The van der Waals surface area contributed by atoms with Crippen molar-refractivity contribution in [2.45, 2.75) is 26.9 Å². The number of hydrogen-bond acceptors (Lipinski definition) is 3. The van der Waals surface area contributed by atoms with E-state index in [1.807, 2.05) is 30.5 Å². The first-order valence-electron chi connectivity index (χ1n) is 7.09. The number of nitrogens with one attached hydrogen (secondary N) is 1. The van der Waals surface area contributed by atoms with Gasteiger partial charge in [-0.15, -0.1) is 11.3 Å². The predicted octanol–water partition coefficient (Wildman–Crippen LogP) is 3.84. The maximum absolute atomic E-state index is 4.45. The number of thiophene rings is 1. The minimum absolute atomic E-state index is 0.812. The van der Waals surface area contributed by atoms with Gasteiger partial charge in [0.2, 0.25) is 0 Å². The first-order valence-corrected chi connectivity index (χ1v) is 7.90. The number of aromatic nitrogens is 2. The standard InChI is InChI=1S/C17H19N3S/c1-13-8-9-17(21-13)12-18-10-16-11-19-14(2)20(16)15-6-4-3-5-7-15/h3-9,11,18H,10,12H2,1-2H3. The number of hydrogen-bond donors (Lipinski definition) is 1. The van der Waals surface area contributed by atoms with Crippen LogP contribution in [0.4, 0.5) is 0 Å². The molecule has 108 valence electrons. The monoisotopic (exact) mass is 297 g/mol. The van der Waals surface area contributed by atoms with Crippen LogP contribution in [-0.4, -0.2) is 9.55 Å².